The van der Waals surface area contributed by atoms with Gasteiger partial charge in [0.15, 0.2) is 5.78 Å². The van der Waals surface area contributed by atoms with Crippen LogP contribution in [0.5, 0.6) is 11.5 Å². The maximum absolute atomic E-state index is 14.1. The molecule has 2 N–H and O–H groups in total. The van der Waals surface area contributed by atoms with Gasteiger partial charge in [-0.25, -0.2) is 4.39 Å². The fourth-order valence-electron chi connectivity index (χ4n) is 4.93. The molecule has 0 aromatic heterocycles. The first kappa shape index (κ1) is 33.5. The summed E-state index contributed by atoms with van der Waals surface area (Å²) < 4.78 is 26.1. The molecule has 42 heavy (non-hydrogen) atoms. The number of halogens is 1. The number of carbonyl (C=O) groups is 2. The monoisotopic (exact) mass is 580 g/mol. The Labute approximate surface area is 251 Å². The zero-order valence-electron chi connectivity index (χ0n) is 26.1. The van der Waals surface area contributed by atoms with Gasteiger partial charge < -0.3 is 20.1 Å². The molecule has 0 heterocycles. The highest BCUT2D eigenvalue weighted by atomic mass is 19.1. The first-order valence-electron chi connectivity index (χ1n) is 15.4. The van der Waals surface area contributed by atoms with Crippen molar-refractivity contribution in [2.75, 3.05) is 6.54 Å². The number of allylic oxidation sites excluding steroid dienone is 1. The van der Waals surface area contributed by atoms with E-state index in [2.05, 4.69) is 31.4 Å². The van der Waals surface area contributed by atoms with Crippen LogP contribution in [0.4, 0.5) is 4.39 Å². The number of Topliss-reactive ketones (excluding diaryl/α,β-unsaturated/α-hetero) is 1. The molecule has 0 bridgehead atoms. The van der Waals surface area contributed by atoms with Gasteiger partial charge >= 0.3 is 0 Å². The minimum atomic E-state index is -0.409. The van der Waals surface area contributed by atoms with Crippen LogP contribution >= 0.6 is 0 Å². The normalized spacial score (nSPS) is 18.2. The highest BCUT2D eigenvalue weighted by Gasteiger charge is 2.30. The van der Waals surface area contributed by atoms with E-state index in [4.69, 9.17) is 9.47 Å². The molecule has 2 unspecified atom stereocenters. The number of rotatable bonds is 18. The van der Waals surface area contributed by atoms with E-state index >= 15 is 0 Å². The van der Waals surface area contributed by atoms with Crippen molar-refractivity contribution in [3.8, 4) is 11.5 Å². The Morgan fingerprint density at radius 3 is 2.38 bits per heavy atom. The highest BCUT2D eigenvalue weighted by molar-refractivity contribution is 5.94. The summed E-state index contributed by atoms with van der Waals surface area (Å²) in [6.45, 7) is 12.6. The average Bonchev–Trinajstić information content (AvgIpc) is 2.89. The highest BCUT2D eigenvalue weighted by Crippen LogP contribution is 2.27. The molecule has 0 amide bonds. The third kappa shape index (κ3) is 12.1. The lowest BCUT2D eigenvalue weighted by molar-refractivity contribution is -0.118. The van der Waals surface area contributed by atoms with Crippen molar-refractivity contribution in [2.24, 2.45) is 5.92 Å². The van der Waals surface area contributed by atoms with E-state index in [9.17, 15) is 14.0 Å². The minimum Gasteiger partial charge on any atom is -0.490 e. The summed E-state index contributed by atoms with van der Waals surface area (Å²) in [6, 6.07) is 13.6. The molecule has 7 heteroatoms. The largest absolute Gasteiger partial charge is 0.490 e. The summed E-state index contributed by atoms with van der Waals surface area (Å²) in [4.78, 5) is 24.4. The maximum atomic E-state index is 14.1. The second-order valence-corrected chi connectivity index (χ2v) is 12.3. The number of nitrogens with one attached hydrogen (secondary N) is 2. The van der Waals surface area contributed by atoms with Crippen LogP contribution in [-0.4, -0.2) is 48.4 Å². The standard InChI is InChI=1S/C35H49FN2O4/c1-23(2)35(40)15-12-28-16-29(36)19-33(18-28)41-26(6)22-37-25(5)8-7-9-31(39)17-27-10-13-32(14-11-27)42-34-20-30(21-34)38-24(3)4/h10-16,18-19,23-26,30,34,37-38H,7-9,17,20-22H2,1-6H3/b15-12+/t25?,26?,30-,34+. The summed E-state index contributed by atoms with van der Waals surface area (Å²) in [6.07, 6.45) is 7.91. The van der Waals surface area contributed by atoms with Crippen molar-refractivity contribution < 1.29 is 23.5 Å². The van der Waals surface area contributed by atoms with Gasteiger partial charge in [-0.1, -0.05) is 45.9 Å². The Hall–Kier alpha value is -3.03. The molecule has 230 valence electrons. The number of benzene rings is 2. The van der Waals surface area contributed by atoms with Gasteiger partial charge in [0.2, 0.25) is 0 Å². The zero-order valence-corrected chi connectivity index (χ0v) is 26.1. The lowest BCUT2D eigenvalue weighted by Gasteiger charge is -2.37. The number of ether oxygens (including phenoxy) is 2. The molecule has 0 aliphatic heterocycles. The van der Waals surface area contributed by atoms with Crippen molar-refractivity contribution in [3.05, 3.63) is 65.5 Å². The molecular formula is C35H49FN2O4. The predicted octanol–water partition coefficient (Wildman–Crippen LogP) is 6.70. The van der Waals surface area contributed by atoms with Gasteiger partial charge in [-0.3, -0.25) is 9.59 Å². The molecule has 2 aromatic carbocycles. The number of hydrogen-bond acceptors (Lipinski definition) is 6. The molecular weight excluding hydrogens is 531 g/mol. The zero-order chi connectivity index (χ0) is 30.6. The molecule has 0 radical (unpaired) electrons. The minimum absolute atomic E-state index is 0.00776. The molecule has 2 atom stereocenters. The third-order valence-electron chi connectivity index (χ3n) is 7.38. The Balaban J connectivity index is 1.31. The first-order chi connectivity index (χ1) is 20.0. The van der Waals surface area contributed by atoms with Crippen molar-refractivity contribution in [1.82, 2.24) is 10.6 Å². The Morgan fingerprint density at radius 2 is 1.71 bits per heavy atom. The average molecular weight is 581 g/mol. The van der Waals surface area contributed by atoms with E-state index in [0.717, 1.165) is 37.0 Å². The van der Waals surface area contributed by atoms with Crippen LogP contribution in [0.3, 0.4) is 0 Å². The number of ketones is 2. The fourth-order valence-corrected chi connectivity index (χ4v) is 4.93. The molecule has 1 aliphatic carbocycles. The summed E-state index contributed by atoms with van der Waals surface area (Å²) >= 11 is 0. The van der Waals surface area contributed by atoms with Gasteiger partial charge in [-0.2, -0.15) is 0 Å². The van der Waals surface area contributed by atoms with Crippen LogP contribution < -0.4 is 20.1 Å². The fraction of sp³-hybridized carbons (Fsp3) is 0.543. The molecule has 2 aromatic rings. The van der Waals surface area contributed by atoms with E-state index in [1.54, 1.807) is 12.1 Å². The molecule has 1 aliphatic rings. The van der Waals surface area contributed by atoms with Crippen molar-refractivity contribution in [1.29, 1.82) is 0 Å². The molecule has 6 nitrogen and oxygen atoms in total. The predicted molar refractivity (Wildman–Crippen MR) is 168 cm³/mol. The summed E-state index contributed by atoms with van der Waals surface area (Å²) in [5, 5.41) is 6.98. The molecule has 3 rings (SSSR count). The Morgan fingerprint density at radius 1 is 1.00 bits per heavy atom. The molecule has 1 fully saturated rings. The van der Waals surface area contributed by atoms with Crippen molar-refractivity contribution in [3.63, 3.8) is 0 Å². The van der Waals surface area contributed by atoms with E-state index in [1.165, 1.54) is 18.2 Å². The quantitative estimate of drug-likeness (QED) is 0.191. The molecule has 0 spiro atoms. The van der Waals surface area contributed by atoms with Crippen molar-refractivity contribution in [2.45, 2.75) is 110 Å². The van der Waals surface area contributed by atoms with E-state index in [1.807, 2.05) is 45.0 Å². The van der Waals surface area contributed by atoms with E-state index in [-0.39, 0.29) is 35.7 Å². The van der Waals surface area contributed by atoms with Gasteiger partial charge in [0.05, 0.1) is 0 Å². The van der Waals surface area contributed by atoms with Gasteiger partial charge in [-0.15, -0.1) is 0 Å². The van der Waals surface area contributed by atoms with Gasteiger partial charge in [0, 0.05) is 49.5 Å². The van der Waals surface area contributed by atoms with Crippen LogP contribution in [0.15, 0.2) is 48.5 Å². The van der Waals surface area contributed by atoms with Crippen LogP contribution in [0.25, 0.3) is 6.08 Å². The topological polar surface area (TPSA) is 76.7 Å². The van der Waals surface area contributed by atoms with E-state index < -0.39 is 5.82 Å². The summed E-state index contributed by atoms with van der Waals surface area (Å²) in [5.41, 5.74) is 1.60. The van der Waals surface area contributed by atoms with Crippen molar-refractivity contribution >= 4 is 17.6 Å². The SMILES string of the molecule is CC(CCCC(=O)Cc1ccc(O[C@H]2C[C@@H](NC(C)C)C2)cc1)NCC(C)Oc1cc(F)cc(/C=C/C(=O)C(C)C)c1. The van der Waals surface area contributed by atoms with E-state index in [0.29, 0.717) is 42.8 Å². The van der Waals surface area contributed by atoms with Crippen LogP contribution in [-0.2, 0) is 16.0 Å². The first-order valence-corrected chi connectivity index (χ1v) is 15.4. The number of hydrogen-bond donors (Lipinski definition) is 2. The lowest BCUT2D eigenvalue weighted by atomic mass is 9.88. The van der Waals surface area contributed by atoms with Gasteiger partial charge in [0.25, 0.3) is 0 Å². The van der Waals surface area contributed by atoms with Crippen LogP contribution in [0.2, 0.25) is 0 Å². The Kier molecular flexibility index (Phi) is 13.2. The molecule has 0 saturated heterocycles. The summed E-state index contributed by atoms with van der Waals surface area (Å²) in [5.74, 6) is 1.01. The van der Waals surface area contributed by atoms with Gasteiger partial charge in [-0.05, 0) is 81.0 Å². The molecule has 1 saturated carbocycles. The van der Waals surface area contributed by atoms with Crippen LogP contribution in [0.1, 0.15) is 84.8 Å². The van der Waals surface area contributed by atoms with Crippen LogP contribution in [0, 0.1) is 11.7 Å². The maximum Gasteiger partial charge on any atom is 0.158 e. The smallest absolute Gasteiger partial charge is 0.158 e. The van der Waals surface area contributed by atoms with Gasteiger partial charge in [0.1, 0.15) is 35.3 Å². The second kappa shape index (κ2) is 16.6. The lowest BCUT2D eigenvalue weighted by Crippen LogP contribution is -2.49. The number of carbonyl (C=O) groups excluding carboxylic acids is 2. The second-order valence-electron chi connectivity index (χ2n) is 12.3. The third-order valence-corrected chi connectivity index (χ3v) is 7.38. The Bertz CT molecular complexity index is 1170. The summed E-state index contributed by atoms with van der Waals surface area (Å²) in [7, 11) is 0.